The van der Waals surface area contributed by atoms with Gasteiger partial charge in [-0.15, -0.1) is 0 Å². The zero-order valence-corrected chi connectivity index (χ0v) is 11.4. The predicted molar refractivity (Wildman–Crippen MR) is 85.6 cm³/mol. The molecule has 3 rings (SSSR count). The number of aromatic nitrogens is 1. The Morgan fingerprint density at radius 1 is 0.905 bits per heavy atom. The molecule has 0 atom stereocenters. The molecule has 0 saturated heterocycles. The number of carbonyl (C=O) groups excluding carboxylic acids is 1. The van der Waals surface area contributed by atoms with Crippen LogP contribution in [-0.2, 0) is 0 Å². The summed E-state index contributed by atoms with van der Waals surface area (Å²) < 4.78 is 0. The Labute approximate surface area is 122 Å². The van der Waals surface area contributed by atoms with Crippen LogP contribution in [0.3, 0.4) is 0 Å². The fourth-order valence-electron chi connectivity index (χ4n) is 2.11. The van der Waals surface area contributed by atoms with Crippen molar-refractivity contribution in [3.8, 4) is 0 Å². The van der Waals surface area contributed by atoms with E-state index >= 15 is 0 Å². The normalized spacial score (nSPS) is 11.0. The molecule has 0 fully saturated rings. The van der Waals surface area contributed by atoms with E-state index in [1.165, 1.54) is 0 Å². The van der Waals surface area contributed by atoms with Crippen molar-refractivity contribution in [3.05, 3.63) is 77.5 Å². The Morgan fingerprint density at radius 3 is 2.43 bits per heavy atom. The molecule has 0 bridgehead atoms. The van der Waals surface area contributed by atoms with E-state index in [-0.39, 0.29) is 0 Å². The van der Waals surface area contributed by atoms with E-state index in [9.17, 15) is 4.79 Å². The van der Waals surface area contributed by atoms with E-state index in [0.29, 0.717) is 5.56 Å². The van der Waals surface area contributed by atoms with Gasteiger partial charge in [0.25, 0.3) is 0 Å². The summed E-state index contributed by atoms with van der Waals surface area (Å²) in [6.45, 7) is 0. The monoisotopic (exact) mass is 274 g/mol. The summed E-state index contributed by atoms with van der Waals surface area (Å²) in [5, 5.41) is 1.13. The maximum atomic E-state index is 11.0. The highest BCUT2D eigenvalue weighted by Gasteiger charge is 1.98. The maximum absolute atomic E-state index is 11.0. The first-order valence-corrected chi connectivity index (χ1v) is 6.66. The van der Waals surface area contributed by atoms with E-state index in [4.69, 9.17) is 5.73 Å². The van der Waals surface area contributed by atoms with Gasteiger partial charge in [0, 0.05) is 10.9 Å². The van der Waals surface area contributed by atoms with Gasteiger partial charge < -0.3 is 5.73 Å². The molecule has 0 unspecified atom stereocenters. The number of nitrogens with zero attached hydrogens (tertiary/aromatic N) is 1. The minimum absolute atomic E-state index is 0.415. The van der Waals surface area contributed by atoms with Crippen molar-refractivity contribution in [1.82, 2.24) is 4.98 Å². The third kappa shape index (κ3) is 2.98. The number of hydrogen-bond acceptors (Lipinski definition) is 2. The number of rotatable bonds is 3. The van der Waals surface area contributed by atoms with Crippen molar-refractivity contribution in [2.24, 2.45) is 5.73 Å². The quantitative estimate of drug-likeness (QED) is 0.794. The lowest BCUT2D eigenvalue weighted by Crippen LogP contribution is -2.10. The summed E-state index contributed by atoms with van der Waals surface area (Å²) in [5.41, 5.74) is 8.59. The van der Waals surface area contributed by atoms with Crippen molar-refractivity contribution >= 4 is 29.0 Å². The van der Waals surface area contributed by atoms with E-state index in [1.807, 2.05) is 54.6 Å². The van der Waals surface area contributed by atoms with Crippen molar-refractivity contribution < 1.29 is 4.79 Å². The van der Waals surface area contributed by atoms with Gasteiger partial charge in [0.05, 0.1) is 11.2 Å². The van der Waals surface area contributed by atoms with Crippen LogP contribution >= 0.6 is 0 Å². The molecular weight excluding hydrogens is 260 g/mol. The zero-order chi connectivity index (χ0) is 14.7. The average Bonchev–Trinajstić information content (AvgIpc) is 2.53. The highest BCUT2D eigenvalue weighted by atomic mass is 16.1. The third-order valence-electron chi connectivity index (χ3n) is 3.26. The predicted octanol–water partition coefficient (Wildman–Crippen LogP) is 3.50. The van der Waals surface area contributed by atoms with Gasteiger partial charge in [0.15, 0.2) is 0 Å². The van der Waals surface area contributed by atoms with E-state index in [0.717, 1.165) is 22.2 Å². The second-order valence-electron chi connectivity index (χ2n) is 4.75. The number of para-hydroxylation sites is 1. The highest BCUT2D eigenvalue weighted by Crippen LogP contribution is 2.14. The van der Waals surface area contributed by atoms with Gasteiger partial charge in [-0.25, -0.2) is 4.98 Å². The van der Waals surface area contributed by atoms with Gasteiger partial charge in [-0.1, -0.05) is 42.5 Å². The molecule has 0 aliphatic heterocycles. The van der Waals surface area contributed by atoms with E-state index < -0.39 is 5.91 Å². The Balaban J connectivity index is 1.85. The summed E-state index contributed by atoms with van der Waals surface area (Å²) in [4.78, 5) is 15.6. The second-order valence-corrected chi connectivity index (χ2v) is 4.75. The van der Waals surface area contributed by atoms with Gasteiger partial charge in [-0.05, 0) is 35.9 Å². The molecule has 21 heavy (non-hydrogen) atoms. The van der Waals surface area contributed by atoms with Crippen molar-refractivity contribution in [2.45, 2.75) is 0 Å². The van der Waals surface area contributed by atoms with E-state index in [1.54, 1.807) is 12.1 Å². The molecule has 3 nitrogen and oxygen atoms in total. The largest absolute Gasteiger partial charge is 0.366 e. The molecule has 2 N–H and O–H groups in total. The maximum Gasteiger partial charge on any atom is 0.248 e. The Kier molecular flexibility index (Phi) is 3.48. The fraction of sp³-hybridized carbons (Fsp3) is 0. The zero-order valence-electron chi connectivity index (χ0n) is 11.4. The van der Waals surface area contributed by atoms with Crippen molar-refractivity contribution in [1.29, 1.82) is 0 Å². The summed E-state index contributed by atoms with van der Waals surface area (Å²) >= 11 is 0. The minimum atomic E-state index is -0.415. The molecule has 0 aliphatic rings. The first kappa shape index (κ1) is 13.1. The van der Waals surface area contributed by atoms with Crippen molar-refractivity contribution in [3.63, 3.8) is 0 Å². The van der Waals surface area contributed by atoms with Crippen LogP contribution in [0.4, 0.5) is 0 Å². The lowest BCUT2D eigenvalue weighted by Gasteiger charge is -1.99. The molecule has 102 valence electrons. The van der Waals surface area contributed by atoms with Gasteiger partial charge in [-0.3, -0.25) is 4.79 Å². The molecule has 0 saturated carbocycles. The number of nitrogens with two attached hydrogens (primary N) is 1. The Bertz CT molecular complexity index is 820. The number of primary amides is 1. The van der Waals surface area contributed by atoms with Crippen LogP contribution in [0.25, 0.3) is 23.1 Å². The molecule has 1 amide bonds. The molecule has 1 heterocycles. The summed E-state index contributed by atoms with van der Waals surface area (Å²) in [5.74, 6) is -0.415. The molecule has 0 aliphatic carbocycles. The molecular formula is C18H14N2O. The van der Waals surface area contributed by atoms with Crippen LogP contribution in [0.15, 0.2) is 60.7 Å². The number of benzene rings is 2. The van der Waals surface area contributed by atoms with Crippen molar-refractivity contribution in [2.75, 3.05) is 0 Å². The van der Waals surface area contributed by atoms with E-state index in [2.05, 4.69) is 11.1 Å². The summed E-state index contributed by atoms with van der Waals surface area (Å²) in [7, 11) is 0. The first-order chi connectivity index (χ1) is 10.2. The van der Waals surface area contributed by atoms with Crippen LogP contribution in [0.2, 0.25) is 0 Å². The topological polar surface area (TPSA) is 56.0 Å². The van der Waals surface area contributed by atoms with Gasteiger partial charge >= 0.3 is 0 Å². The smallest absolute Gasteiger partial charge is 0.248 e. The number of amides is 1. The Morgan fingerprint density at radius 2 is 1.67 bits per heavy atom. The number of hydrogen-bond donors (Lipinski definition) is 1. The standard InChI is InChI=1S/C18H14N2O/c19-18(21)15-8-5-13(6-9-15)7-11-16-12-10-14-3-1-2-4-17(14)20-16/h1-12H,(H2,19,21)/b11-7+. The molecule has 3 aromatic rings. The summed E-state index contributed by atoms with van der Waals surface area (Å²) in [6, 6.07) is 19.2. The molecule has 3 heteroatoms. The molecule has 0 spiro atoms. The first-order valence-electron chi connectivity index (χ1n) is 6.66. The van der Waals surface area contributed by atoms with Crippen LogP contribution in [-0.4, -0.2) is 10.9 Å². The van der Waals surface area contributed by atoms with Gasteiger partial charge in [0.2, 0.25) is 5.91 Å². The highest BCUT2D eigenvalue weighted by molar-refractivity contribution is 5.93. The number of fused-ring (bicyclic) bond motifs is 1. The van der Waals surface area contributed by atoms with Crippen LogP contribution in [0.1, 0.15) is 21.6 Å². The van der Waals surface area contributed by atoms with Crippen LogP contribution in [0.5, 0.6) is 0 Å². The molecule has 1 aromatic heterocycles. The lowest BCUT2D eigenvalue weighted by molar-refractivity contribution is 0.100. The third-order valence-corrected chi connectivity index (χ3v) is 3.26. The average molecular weight is 274 g/mol. The SMILES string of the molecule is NC(=O)c1ccc(/C=C/c2ccc3ccccc3n2)cc1. The summed E-state index contributed by atoms with van der Waals surface area (Å²) in [6.07, 6.45) is 3.91. The lowest BCUT2D eigenvalue weighted by atomic mass is 10.1. The van der Waals surface area contributed by atoms with Gasteiger partial charge in [0.1, 0.15) is 0 Å². The van der Waals surface area contributed by atoms with Crippen LogP contribution in [0, 0.1) is 0 Å². The number of pyridine rings is 1. The molecule has 2 aromatic carbocycles. The number of carbonyl (C=O) groups is 1. The molecule has 0 radical (unpaired) electrons. The fourth-order valence-corrected chi connectivity index (χ4v) is 2.11. The Hall–Kier alpha value is -2.94. The minimum Gasteiger partial charge on any atom is -0.366 e. The second kappa shape index (κ2) is 5.59. The van der Waals surface area contributed by atoms with Gasteiger partial charge in [-0.2, -0.15) is 0 Å². The van der Waals surface area contributed by atoms with Crippen LogP contribution < -0.4 is 5.73 Å².